The van der Waals surface area contributed by atoms with Crippen LogP contribution in [0.1, 0.15) is 38.0 Å². The zero-order valence-corrected chi connectivity index (χ0v) is 16.9. The second kappa shape index (κ2) is 11.3. The summed E-state index contributed by atoms with van der Waals surface area (Å²) in [5.41, 5.74) is 1.87. The van der Waals surface area contributed by atoms with Crippen LogP contribution in [0.4, 0.5) is 0 Å². The van der Waals surface area contributed by atoms with Crippen molar-refractivity contribution >= 4 is 24.0 Å². The van der Waals surface area contributed by atoms with E-state index in [2.05, 4.69) is 5.32 Å². The quantitative estimate of drug-likeness (QED) is 0.637. The molecule has 2 aromatic carbocycles. The fourth-order valence-corrected chi connectivity index (χ4v) is 2.89. The standard InChI is InChI=1S/C20H26ClNO3.ClH/c1-4-24-18-12-15(11-17(21)20(18)25-5-2)13-22-14(3)19(23)16-9-7-6-8-10-16;/h6-12,14,19,22-23H,4-5,13H2,1-3H3;1H. The highest BCUT2D eigenvalue weighted by atomic mass is 35.5. The normalized spacial score (nSPS) is 12.8. The van der Waals surface area contributed by atoms with Gasteiger partial charge >= 0.3 is 0 Å². The first kappa shape index (κ1) is 22.6. The van der Waals surface area contributed by atoms with Gasteiger partial charge < -0.3 is 19.9 Å². The van der Waals surface area contributed by atoms with Crippen molar-refractivity contribution in [1.82, 2.24) is 5.32 Å². The van der Waals surface area contributed by atoms with Crippen LogP contribution >= 0.6 is 24.0 Å². The molecule has 0 fully saturated rings. The second-order valence-corrected chi connectivity index (χ2v) is 6.20. The summed E-state index contributed by atoms with van der Waals surface area (Å²) in [4.78, 5) is 0. The van der Waals surface area contributed by atoms with Crippen molar-refractivity contribution in [2.45, 2.75) is 39.5 Å². The lowest BCUT2D eigenvalue weighted by molar-refractivity contribution is 0.135. The van der Waals surface area contributed by atoms with E-state index in [1.807, 2.05) is 63.2 Å². The van der Waals surface area contributed by atoms with Gasteiger partial charge in [0, 0.05) is 12.6 Å². The third-order valence-corrected chi connectivity index (χ3v) is 4.18. The van der Waals surface area contributed by atoms with Crippen LogP contribution in [0, 0.1) is 0 Å². The van der Waals surface area contributed by atoms with E-state index in [1.54, 1.807) is 0 Å². The number of hydrogen-bond acceptors (Lipinski definition) is 4. The minimum absolute atomic E-state index is 0. The Morgan fingerprint density at radius 3 is 2.35 bits per heavy atom. The molecule has 0 heterocycles. The molecule has 2 atom stereocenters. The van der Waals surface area contributed by atoms with Gasteiger partial charge in [-0.3, -0.25) is 0 Å². The average Bonchev–Trinajstić information content (AvgIpc) is 2.63. The van der Waals surface area contributed by atoms with Gasteiger partial charge in [-0.2, -0.15) is 0 Å². The lowest BCUT2D eigenvalue weighted by Crippen LogP contribution is -2.31. The van der Waals surface area contributed by atoms with Crippen molar-refractivity contribution in [1.29, 1.82) is 0 Å². The Hall–Kier alpha value is -1.46. The van der Waals surface area contributed by atoms with Crippen LogP contribution in [0.25, 0.3) is 0 Å². The molecular weight excluding hydrogens is 373 g/mol. The minimum atomic E-state index is -0.578. The van der Waals surface area contributed by atoms with Gasteiger partial charge in [0.1, 0.15) is 0 Å². The van der Waals surface area contributed by atoms with Crippen LogP contribution in [0.3, 0.4) is 0 Å². The smallest absolute Gasteiger partial charge is 0.179 e. The van der Waals surface area contributed by atoms with Gasteiger partial charge in [0.2, 0.25) is 0 Å². The SMILES string of the molecule is CCOc1cc(CNC(C)C(O)c2ccccc2)cc(Cl)c1OCC.Cl. The first-order valence-electron chi connectivity index (χ1n) is 8.61. The number of aliphatic hydroxyl groups is 1. The third kappa shape index (κ3) is 6.06. The summed E-state index contributed by atoms with van der Waals surface area (Å²) >= 11 is 6.34. The van der Waals surface area contributed by atoms with Gasteiger partial charge in [-0.15, -0.1) is 12.4 Å². The van der Waals surface area contributed by atoms with Gasteiger partial charge in [0.25, 0.3) is 0 Å². The Morgan fingerprint density at radius 1 is 1.08 bits per heavy atom. The number of ether oxygens (including phenoxy) is 2. The largest absolute Gasteiger partial charge is 0.490 e. The van der Waals surface area contributed by atoms with E-state index in [0.29, 0.717) is 36.3 Å². The molecule has 2 unspecified atom stereocenters. The zero-order chi connectivity index (χ0) is 18.2. The molecule has 6 heteroatoms. The van der Waals surface area contributed by atoms with Crippen LogP contribution < -0.4 is 14.8 Å². The van der Waals surface area contributed by atoms with Crippen LogP contribution in [-0.2, 0) is 6.54 Å². The first-order valence-corrected chi connectivity index (χ1v) is 8.99. The molecule has 144 valence electrons. The average molecular weight is 400 g/mol. The number of aliphatic hydroxyl groups excluding tert-OH is 1. The molecule has 2 N–H and O–H groups in total. The predicted molar refractivity (Wildman–Crippen MR) is 109 cm³/mol. The Bertz CT molecular complexity index is 668. The number of hydrogen-bond donors (Lipinski definition) is 2. The number of halogens is 2. The van der Waals surface area contributed by atoms with Crippen molar-refractivity contribution in [2.75, 3.05) is 13.2 Å². The van der Waals surface area contributed by atoms with E-state index in [4.69, 9.17) is 21.1 Å². The highest BCUT2D eigenvalue weighted by molar-refractivity contribution is 6.32. The van der Waals surface area contributed by atoms with E-state index < -0.39 is 6.10 Å². The van der Waals surface area contributed by atoms with E-state index in [-0.39, 0.29) is 18.4 Å². The lowest BCUT2D eigenvalue weighted by atomic mass is 10.0. The monoisotopic (exact) mass is 399 g/mol. The molecule has 0 bridgehead atoms. The summed E-state index contributed by atoms with van der Waals surface area (Å²) in [7, 11) is 0. The topological polar surface area (TPSA) is 50.7 Å². The summed E-state index contributed by atoms with van der Waals surface area (Å²) in [5.74, 6) is 1.22. The van der Waals surface area contributed by atoms with E-state index in [9.17, 15) is 5.11 Å². The molecule has 2 aromatic rings. The van der Waals surface area contributed by atoms with Gasteiger partial charge in [0.15, 0.2) is 11.5 Å². The second-order valence-electron chi connectivity index (χ2n) is 5.80. The maximum absolute atomic E-state index is 10.4. The summed E-state index contributed by atoms with van der Waals surface area (Å²) < 4.78 is 11.2. The Kier molecular flexibility index (Phi) is 9.81. The molecule has 0 aromatic heterocycles. The minimum Gasteiger partial charge on any atom is -0.490 e. The summed E-state index contributed by atoms with van der Waals surface area (Å²) in [6.45, 7) is 7.42. The molecule has 0 aliphatic rings. The van der Waals surface area contributed by atoms with E-state index in [0.717, 1.165) is 11.1 Å². The van der Waals surface area contributed by atoms with Crippen LogP contribution in [0.2, 0.25) is 5.02 Å². The van der Waals surface area contributed by atoms with Gasteiger partial charge in [-0.05, 0) is 44.0 Å². The molecule has 0 aliphatic heterocycles. The molecular formula is C20H27Cl2NO3. The van der Waals surface area contributed by atoms with E-state index in [1.165, 1.54) is 0 Å². The maximum Gasteiger partial charge on any atom is 0.179 e. The van der Waals surface area contributed by atoms with Crippen LogP contribution in [0.5, 0.6) is 11.5 Å². The van der Waals surface area contributed by atoms with Gasteiger partial charge in [-0.25, -0.2) is 0 Å². The van der Waals surface area contributed by atoms with E-state index >= 15 is 0 Å². The van der Waals surface area contributed by atoms with Crippen molar-refractivity contribution in [2.24, 2.45) is 0 Å². The van der Waals surface area contributed by atoms with Gasteiger partial charge in [-0.1, -0.05) is 41.9 Å². The first-order chi connectivity index (χ1) is 12.1. The van der Waals surface area contributed by atoms with Crippen LogP contribution in [0.15, 0.2) is 42.5 Å². The fourth-order valence-electron chi connectivity index (χ4n) is 2.60. The fraction of sp³-hybridized carbons (Fsp3) is 0.400. The Morgan fingerprint density at radius 2 is 1.73 bits per heavy atom. The molecule has 0 spiro atoms. The number of nitrogens with one attached hydrogen (secondary N) is 1. The van der Waals surface area contributed by atoms with Gasteiger partial charge in [0.05, 0.1) is 24.3 Å². The maximum atomic E-state index is 10.4. The number of benzene rings is 2. The molecule has 2 rings (SSSR count). The number of rotatable bonds is 9. The molecule has 4 nitrogen and oxygen atoms in total. The van der Waals surface area contributed by atoms with Crippen molar-refractivity contribution < 1.29 is 14.6 Å². The van der Waals surface area contributed by atoms with Crippen molar-refractivity contribution in [3.63, 3.8) is 0 Å². The van der Waals surface area contributed by atoms with Crippen molar-refractivity contribution in [3.05, 3.63) is 58.6 Å². The van der Waals surface area contributed by atoms with Crippen LogP contribution in [-0.4, -0.2) is 24.4 Å². The molecule has 0 aliphatic carbocycles. The summed E-state index contributed by atoms with van der Waals surface area (Å²) in [5, 5.41) is 14.3. The molecule has 26 heavy (non-hydrogen) atoms. The summed E-state index contributed by atoms with van der Waals surface area (Å²) in [6.07, 6.45) is -0.578. The molecule has 0 saturated carbocycles. The predicted octanol–water partition coefficient (Wildman–Crippen LogP) is 4.77. The molecule has 0 saturated heterocycles. The molecule has 0 amide bonds. The molecule has 0 radical (unpaired) electrons. The highest BCUT2D eigenvalue weighted by Gasteiger charge is 2.17. The summed E-state index contributed by atoms with van der Waals surface area (Å²) in [6, 6.07) is 13.3. The lowest BCUT2D eigenvalue weighted by Gasteiger charge is -2.21. The Balaban J connectivity index is 0.00000338. The Labute approximate surface area is 166 Å². The highest BCUT2D eigenvalue weighted by Crippen LogP contribution is 2.36. The zero-order valence-electron chi connectivity index (χ0n) is 15.4. The third-order valence-electron chi connectivity index (χ3n) is 3.90. The van der Waals surface area contributed by atoms with Crippen molar-refractivity contribution in [3.8, 4) is 11.5 Å².